The van der Waals surface area contributed by atoms with Crippen molar-refractivity contribution in [2.24, 2.45) is 11.8 Å². The monoisotopic (exact) mass is 396 g/mol. The van der Waals surface area contributed by atoms with Gasteiger partial charge in [0.25, 0.3) is 5.91 Å². The van der Waals surface area contributed by atoms with Gasteiger partial charge in [0, 0.05) is 31.1 Å². The van der Waals surface area contributed by atoms with Crippen molar-refractivity contribution < 1.29 is 14.4 Å². The number of amides is 3. The second kappa shape index (κ2) is 7.54. The van der Waals surface area contributed by atoms with Crippen molar-refractivity contribution in [3.63, 3.8) is 0 Å². The molecular formula is C22H28N4O3. The maximum absolute atomic E-state index is 13.0. The molecule has 0 radical (unpaired) electrons. The molecule has 4 aliphatic heterocycles. The minimum absolute atomic E-state index is 0.103. The van der Waals surface area contributed by atoms with E-state index in [1.165, 1.54) is 19.3 Å². The summed E-state index contributed by atoms with van der Waals surface area (Å²) >= 11 is 0. The fourth-order valence-electron chi connectivity index (χ4n) is 5.43. The van der Waals surface area contributed by atoms with Crippen LogP contribution >= 0.6 is 0 Å². The largest absolute Gasteiger partial charge is 0.322 e. The summed E-state index contributed by atoms with van der Waals surface area (Å²) in [6.45, 7) is 3.43. The van der Waals surface area contributed by atoms with E-state index >= 15 is 0 Å². The Kier molecular flexibility index (Phi) is 4.87. The summed E-state index contributed by atoms with van der Waals surface area (Å²) in [5, 5.41) is 9.66. The lowest BCUT2D eigenvalue weighted by molar-refractivity contribution is -0.136. The van der Waals surface area contributed by atoms with Crippen LogP contribution in [0.4, 0.5) is 0 Å². The quantitative estimate of drug-likeness (QED) is 0.659. The average molecular weight is 396 g/mol. The molecule has 1 aliphatic carbocycles. The molecule has 7 nitrogen and oxygen atoms in total. The van der Waals surface area contributed by atoms with E-state index in [-0.39, 0.29) is 24.1 Å². The molecule has 5 aliphatic rings. The summed E-state index contributed by atoms with van der Waals surface area (Å²) in [6, 6.07) is 6.05. The predicted molar refractivity (Wildman–Crippen MR) is 107 cm³/mol. The Morgan fingerprint density at radius 2 is 2.00 bits per heavy atom. The molecule has 3 amide bonds. The van der Waals surface area contributed by atoms with Crippen molar-refractivity contribution in [2.45, 2.75) is 57.3 Å². The number of benzene rings is 1. The van der Waals surface area contributed by atoms with E-state index in [0.29, 0.717) is 30.5 Å². The molecule has 3 saturated heterocycles. The van der Waals surface area contributed by atoms with Gasteiger partial charge in [-0.3, -0.25) is 19.7 Å². The van der Waals surface area contributed by atoms with Gasteiger partial charge in [0.2, 0.25) is 11.8 Å². The van der Waals surface area contributed by atoms with E-state index < -0.39 is 6.04 Å². The Balaban J connectivity index is 1.26. The smallest absolute Gasteiger partial charge is 0.255 e. The van der Waals surface area contributed by atoms with Crippen LogP contribution in [0.15, 0.2) is 18.2 Å². The van der Waals surface area contributed by atoms with E-state index in [4.69, 9.17) is 0 Å². The lowest BCUT2D eigenvalue weighted by Gasteiger charge is -2.32. The number of carbonyl (C=O) groups excluding carboxylic acids is 3. The highest BCUT2D eigenvalue weighted by atomic mass is 16.2. The third-order valence-corrected chi connectivity index (χ3v) is 7.10. The van der Waals surface area contributed by atoms with Gasteiger partial charge in [-0.15, -0.1) is 0 Å². The van der Waals surface area contributed by atoms with Crippen LogP contribution in [0.3, 0.4) is 0 Å². The summed E-state index contributed by atoms with van der Waals surface area (Å²) in [5.41, 5.74) is 2.76. The van der Waals surface area contributed by atoms with Crippen LogP contribution in [0.2, 0.25) is 0 Å². The van der Waals surface area contributed by atoms with Crippen molar-refractivity contribution >= 4 is 17.7 Å². The molecule has 0 spiro atoms. The highest BCUT2D eigenvalue weighted by Crippen LogP contribution is 2.32. The molecule has 29 heavy (non-hydrogen) atoms. The molecule has 4 atom stereocenters. The molecule has 0 aromatic heterocycles. The van der Waals surface area contributed by atoms with Crippen LogP contribution < -0.4 is 16.0 Å². The van der Waals surface area contributed by atoms with Gasteiger partial charge in [-0.05, 0) is 67.8 Å². The van der Waals surface area contributed by atoms with E-state index in [1.54, 1.807) is 4.90 Å². The summed E-state index contributed by atoms with van der Waals surface area (Å²) < 4.78 is 0. The molecule has 1 aromatic rings. The molecular weight excluding hydrogens is 368 g/mol. The van der Waals surface area contributed by atoms with Crippen LogP contribution in [-0.2, 0) is 22.7 Å². The fraction of sp³-hybridized carbons (Fsp3) is 0.591. The van der Waals surface area contributed by atoms with Gasteiger partial charge in [-0.2, -0.15) is 0 Å². The van der Waals surface area contributed by atoms with Crippen molar-refractivity contribution in [2.75, 3.05) is 13.1 Å². The average Bonchev–Trinajstić information content (AvgIpc) is 2.88. The number of carbonyl (C=O) groups is 3. The lowest BCUT2D eigenvalue weighted by atomic mass is 9.80. The maximum Gasteiger partial charge on any atom is 0.255 e. The molecule has 2 bridgehead atoms. The standard InChI is InChI=1S/C22H28N4O3/c27-20-6-5-19(21(28)25-20)26-12-16-4-2-13(7-17(16)22(26)29)10-24-18-8-14-1-3-15(18)11-23-9-14/h2,4,7,14-15,18-19,23-24H,1,3,5-6,8-12H2,(H,25,27,28)/t14-,15-,18-,19?/m1/s1. The Labute approximate surface area is 170 Å². The van der Waals surface area contributed by atoms with Gasteiger partial charge in [-0.25, -0.2) is 0 Å². The first kappa shape index (κ1) is 18.8. The minimum atomic E-state index is -0.553. The molecule has 154 valence electrons. The van der Waals surface area contributed by atoms with Crippen molar-refractivity contribution in [3.8, 4) is 0 Å². The molecule has 4 heterocycles. The second-order valence-electron chi connectivity index (χ2n) is 8.98. The number of hydrogen-bond donors (Lipinski definition) is 3. The highest BCUT2D eigenvalue weighted by molar-refractivity contribution is 6.05. The number of nitrogens with one attached hydrogen (secondary N) is 3. The van der Waals surface area contributed by atoms with E-state index in [1.807, 2.05) is 12.1 Å². The van der Waals surface area contributed by atoms with Gasteiger partial charge >= 0.3 is 0 Å². The number of fused-ring (bicyclic) bond motifs is 5. The summed E-state index contributed by atoms with van der Waals surface area (Å²) in [4.78, 5) is 38.2. The molecule has 4 fully saturated rings. The number of hydrogen-bond acceptors (Lipinski definition) is 5. The molecule has 6 rings (SSSR count). The maximum atomic E-state index is 13.0. The van der Waals surface area contributed by atoms with Crippen LogP contribution in [-0.4, -0.2) is 47.8 Å². The number of imide groups is 1. The normalized spacial score (nSPS) is 31.6. The van der Waals surface area contributed by atoms with Gasteiger partial charge in [0.15, 0.2) is 0 Å². The topological polar surface area (TPSA) is 90.5 Å². The first-order valence-corrected chi connectivity index (χ1v) is 10.8. The lowest BCUT2D eigenvalue weighted by Crippen LogP contribution is -2.52. The fourth-order valence-corrected chi connectivity index (χ4v) is 5.43. The van der Waals surface area contributed by atoms with Crippen LogP contribution in [0.25, 0.3) is 0 Å². The number of nitrogens with zero attached hydrogens (tertiary/aromatic N) is 1. The zero-order chi connectivity index (χ0) is 20.0. The molecule has 1 aromatic carbocycles. The number of piperidine rings is 1. The Morgan fingerprint density at radius 3 is 2.86 bits per heavy atom. The third kappa shape index (κ3) is 3.57. The SMILES string of the molecule is O=C1CCC(N2Cc3ccc(CN[C@@H]4C[C@H]5CC[C@@H]4CNC5)cc3C2=O)C(=O)N1. The minimum Gasteiger partial charge on any atom is -0.322 e. The van der Waals surface area contributed by atoms with Crippen LogP contribution in [0.1, 0.15) is 53.6 Å². The zero-order valence-corrected chi connectivity index (χ0v) is 16.6. The van der Waals surface area contributed by atoms with Gasteiger partial charge in [0.1, 0.15) is 6.04 Å². The van der Waals surface area contributed by atoms with E-state index in [2.05, 4.69) is 22.0 Å². The Morgan fingerprint density at radius 1 is 1.10 bits per heavy atom. The summed E-state index contributed by atoms with van der Waals surface area (Å²) in [7, 11) is 0. The Hall–Kier alpha value is -2.25. The molecule has 7 heteroatoms. The summed E-state index contributed by atoms with van der Waals surface area (Å²) in [5.74, 6) is 0.740. The van der Waals surface area contributed by atoms with E-state index in [9.17, 15) is 14.4 Å². The molecule has 1 saturated carbocycles. The third-order valence-electron chi connectivity index (χ3n) is 7.10. The predicted octanol–water partition coefficient (Wildman–Crippen LogP) is 0.925. The number of rotatable bonds is 4. The van der Waals surface area contributed by atoms with Gasteiger partial charge in [-0.1, -0.05) is 12.1 Å². The second-order valence-corrected chi connectivity index (χ2v) is 8.98. The van der Waals surface area contributed by atoms with Crippen LogP contribution in [0, 0.1) is 11.8 Å². The van der Waals surface area contributed by atoms with Crippen LogP contribution in [0.5, 0.6) is 0 Å². The first-order chi connectivity index (χ1) is 14.1. The molecule has 3 N–H and O–H groups in total. The summed E-state index contributed by atoms with van der Waals surface area (Å²) in [6.07, 6.45) is 4.53. The zero-order valence-electron chi connectivity index (χ0n) is 16.6. The van der Waals surface area contributed by atoms with Crippen molar-refractivity contribution in [3.05, 3.63) is 34.9 Å². The highest BCUT2D eigenvalue weighted by Gasteiger charge is 2.39. The first-order valence-electron chi connectivity index (χ1n) is 10.8. The van der Waals surface area contributed by atoms with Gasteiger partial charge in [0.05, 0.1) is 0 Å². The van der Waals surface area contributed by atoms with Crippen molar-refractivity contribution in [1.82, 2.24) is 20.9 Å². The van der Waals surface area contributed by atoms with E-state index in [0.717, 1.165) is 36.7 Å². The Bertz CT molecular complexity index is 850. The van der Waals surface area contributed by atoms with Crippen molar-refractivity contribution in [1.29, 1.82) is 0 Å². The molecule has 1 unspecified atom stereocenters. The van der Waals surface area contributed by atoms with Gasteiger partial charge < -0.3 is 15.5 Å².